The molecule has 0 bridgehead atoms. The molecule has 0 N–H and O–H groups in total. The molecular weight excluding hydrogens is 160 g/mol. The molecule has 0 amide bonds. The lowest BCUT2D eigenvalue weighted by Gasteiger charge is -2.45. The van der Waals surface area contributed by atoms with Crippen LogP contribution in [0.2, 0.25) is 0 Å². The number of piperazine rings is 1. The van der Waals surface area contributed by atoms with Gasteiger partial charge in [-0.15, -0.1) is 0 Å². The molecule has 0 aromatic rings. The molecule has 0 aromatic carbocycles. The maximum atomic E-state index is 2.64. The van der Waals surface area contributed by atoms with Gasteiger partial charge in [0.2, 0.25) is 0 Å². The molecule has 2 unspecified atom stereocenters. The number of nitrogens with zero attached hydrogens (tertiary/aromatic N) is 2. The number of rotatable bonds is 0. The molecule has 74 valence electrons. The van der Waals surface area contributed by atoms with Crippen LogP contribution in [0.15, 0.2) is 0 Å². The van der Waals surface area contributed by atoms with Crippen LogP contribution in [-0.2, 0) is 0 Å². The van der Waals surface area contributed by atoms with Crippen LogP contribution < -0.4 is 0 Å². The highest BCUT2D eigenvalue weighted by atomic mass is 15.4. The van der Waals surface area contributed by atoms with E-state index in [1.54, 1.807) is 0 Å². The lowest BCUT2D eigenvalue weighted by Crippen LogP contribution is -2.59. The van der Waals surface area contributed by atoms with Crippen molar-refractivity contribution in [2.24, 2.45) is 5.92 Å². The maximum Gasteiger partial charge on any atom is 0.0363 e. The number of likely N-dealkylation sites (N-methyl/N-ethyl adjacent to an activating group) is 2. The van der Waals surface area contributed by atoms with E-state index in [-0.39, 0.29) is 0 Å². The van der Waals surface area contributed by atoms with Crippen LogP contribution in [0.25, 0.3) is 0 Å². The van der Waals surface area contributed by atoms with Crippen molar-refractivity contribution >= 4 is 0 Å². The van der Waals surface area contributed by atoms with Gasteiger partial charge in [0.1, 0.15) is 0 Å². The molecule has 2 spiro atoms. The zero-order valence-electron chi connectivity index (χ0n) is 9.01. The van der Waals surface area contributed by atoms with E-state index in [4.69, 9.17) is 0 Å². The van der Waals surface area contributed by atoms with Gasteiger partial charge in [0.25, 0.3) is 0 Å². The van der Waals surface area contributed by atoms with E-state index < -0.39 is 0 Å². The van der Waals surface area contributed by atoms with Gasteiger partial charge in [-0.3, -0.25) is 9.80 Å². The summed E-state index contributed by atoms with van der Waals surface area (Å²) in [7, 11) is 4.66. The summed E-state index contributed by atoms with van der Waals surface area (Å²) in [6, 6.07) is 0. The lowest BCUT2D eigenvalue weighted by molar-refractivity contribution is 0.0292. The molecule has 2 nitrogen and oxygen atoms in total. The second-order valence-electron chi connectivity index (χ2n) is 5.65. The molecule has 2 heteroatoms. The topological polar surface area (TPSA) is 6.48 Å². The quantitative estimate of drug-likeness (QED) is 0.552. The van der Waals surface area contributed by atoms with Gasteiger partial charge in [-0.25, -0.2) is 0 Å². The third kappa shape index (κ3) is 0.909. The summed E-state index contributed by atoms with van der Waals surface area (Å²) in [5.74, 6) is 0.927. The van der Waals surface area contributed by atoms with Crippen LogP contribution in [0.1, 0.15) is 26.2 Å². The number of hydrogen-bond acceptors (Lipinski definition) is 2. The van der Waals surface area contributed by atoms with Crippen LogP contribution in [-0.4, -0.2) is 48.1 Å². The van der Waals surface area contributed by atoms with E-state index in [9.17, 15) is 0 Å². The van der Waals surface area contributed by atoms with E-state index in [0.717, 1.165) is 5.92 Å². The normalized spacial score (nSPS) is 48.7. The van der Waals surface area contributed by atoms with Crippen molar-refractivity contribution in [3.63, 3.8) is 0 Å². The highest BCUT2D eigenvalue weighted by molar-refractivity contribution is 5.19. The van der Waals surface area contributed by atoms with Crippen LogP contribution in [0, 0.1) is 5.92 Å². The fourth-order valence-electron chi connectivity index (χ4n) is 3.33. The zero-order valence-corrected chi connectivity index (χ0v) is 9.01. The highest BCUT2D eigenvalue weighted by Gasteiger charge is 2.63. The van der Waals surface area contributed by atoms with Crippen molar-refractivity contribution < 1.29 is 0 Å². The van der Waals surface area contributed by atoms with Crippen LogP contribution in [0.3, 0.4) is 0 Å². The Bertz CT molecular complexity index is 246. The lowest BCUT2D eigenvalue weighted by atomic mass is 10.0. The summed E-state index contributed by atoms with van der Waals surface area (Å²) in [6.45, 7) is 5.02. The zero-order chi connectivity index (χ0) is 9.27. The standard InChI is InChI=1S/C11H20N2/c1-9-6-11(9)8-12(2)10(4-5-10)7-13(11)3/h9H,4-8H2,1-3H3. The summed E-state index contributed by atoms with van der Waals surface area (Å²) in [5, 5.41) is 0. The molecule has 3 rings (SSSR count). The van der Waals surface area contributed by atoms with Crippen molar-refractivity contribution in [2.75, 3.05) is 27.2 Å². The van der Waals surface area contributed by atoms with Gasteiger partial charge in [0.05, 0.1) is 0 Å². The molecule has 3 fully saturated rings. The predicted molar refractivity (Wildman–Crippen MR) is 53.7 cm³/mol. The third-order valence-electron chi connectivity index (χ3n) is 4.86. The molecule has 0 aromatic heterocycles. The molecule has 13 heavy (non-hydrogen) atoms. The molecule has 2 aliphatic carbocycles. The Hall–Kier alpha value is -0.0800. The van der Waals surface area contributed by atoms with Gasteiger partial charge < -0.3 is 0 Å². The average Bonchev–Trinajstić information content (AvgIpc) is 2.90. The first-order valence-corrected chi connectivity index (χ1v) is 5.52. The Kier molecular flexibility index (Phi) is 1.34. The molecule has 1 saturated heterocycles. The smallest absolute Gasteiger partial charge is 0.0363 e. The Balaban J connectivity index is 1.82. The highest BCUT2D eigenvalue weighted by Crippen LogP contribution is 2.55. The Morgan fingerprint density at radius 1 is 1.08 bits per heavy atom. The molecule has 3 aliphatic rings. The van der Waals surface area contributed by atoms with Gasteiger partial charge >= 0.3 is 0 Å². The summed E-state index contributed by atoms with van der Waals surface area (Å²) in [6.07, 6.45) is 4.28. The first-order chi connectivity index (χ1) is 6.09. The van der Waals surface area contributed by atoms with E-state index in [1.807, 2.05) is 0 Å². The second kappa shape index (κ2) is 2.12. The first-order valence-electron chi connectivity index (χ1n) is 5.52. The van der Waals surface area contributed by atoms with Crippen LogP contribution >= 0.6 is 0 Å². The minimum Gasteiger partial charge on any atom is -0.298 e. The molecule has 2 saturated carbocycles. The van der Waals surface area contributed by atoms with Crippen molar-refractivity contribution in [1.82, 2.24) is 9.80 Å². The molecule has 0 radical (unpaired) electrons. The summed E-state index contributed by atoms with van der Waals surface area (Å²) in [4.78, 5) is 5.28. The second-order valence-corrected chi connectivity index (χ2v) is 5.65. The first kappa shape index (κ1) is 8.25. The third-order valence-corrected chi connectivity index (χ3v) is 4.86. The minimum absolute atomic E-state index is 0.572. The summed E-state index contributed by atoms with van der Waals surface area (Å²) >= 11 is 0. The van der Waals surface area contributed by atoms with Crippen molar-refractivity contribution in [3.05, 3.63) is 0 Å². The number of hydrogen-bond donors (Lipinski definition) is 0. The monoisotopic (exact) mass is 180 g/mol. The van der Waals surface area contributed by atoms with Crippen LogP contribution in [0.4, 0.5) is 0 Å². The predicted octanol–water partition coefficient (Wildman–Crippen LogP) is 1.17. The van der Waals surface area contributed by atoms with Crippen molar-refractivity contribution in [1.29, 1.82) is 0 Å². The van der Waals surface area contributed by atoms with Crippen LogP contribution in [0.5, 0.6) is 0 Å². The summed E-state index contributed by atoms with van der Waals surface area (Å²) < 4.78 is 0. The Morgan fingerprint density at radius 3 is 2.15 bits per heavy atom. The van der Waals surface area contributed by atoms with Crippen molar-refractivity contribution in [3.8, 4) is 0 Å². The van der Waals surface area contributed by atoms with Gasteiger partial charge in [-0.2, -0.15) is 0 Å². The largest absolute Gasteiger partial charge is 0.298 e. The Labute approximate surface area is 80.9 Å². The summed E-state index contributed by atoms with van der Waals surface area (Å²) in [5.41, 5.74) is 1.17. The SMILES string of the molecule is CC1CC12CN(C)C1(CC1)CN2C. The van der Waals surface area contributed by atoms with Gasteiger partial charge in [-0.05, 0) is 39.3 Å². The van der Waals surface area contributed by atoms with E-state index in [0.29, 0.717) is 11.1 Å². The minimum atomic E-state index is 0.572. The maximum absolute atomic E-state index is 2.64. The molecule has 2 atom stereocenters. The van der Waals surface area contributed by atoms with Gasteiger partial charge in [0, 0.05) is 24.2 Å². The van der Waals surface area contributed by atoms with E-state index in [1.165, 1.54) is 32.4 Å². The van der Waals surface area contributed by atoms with Gasteiger partial charge in [0.15, 0.2) is 0 Å². The van der Waals surface area contributed by atoms with Crippen molar-refractivity contribution in [2.45, 2.75) is 37.3 Å². The average molecular weight is 180 g/mol. The fourth-order valence-corrected chi connectivity index (χ4v) is 3.33. The molecule has 1 aliphatic heterocycles. The van der Waals surface area contributed by atoms with E-state index in [2.05, 4.69) is 30.8 Å². The Morgan fingerprint density at radius 2 is 1.69 bits per heavy atom. The molecule has 1 heterocycles. The fraction of sp³-hybridized carbons (Fsp3) is 1.00. The molecular formula is C11H20N2. The van der Waals surface area contributed by atoms with Gasteiger partial charge in [-0.1, -0.05) is 6.92 Å². The van der Waals surface area contributed by atoms with E-state index >= 15 is 0 Å².